The maximum absolute atomic E-state index is 13.5. The van der Waals surface area contributed by atoms with Crippen LogP contribution in [0.4, 0.5) is 8.78 Å². The first kappa shape index (κ1) is 13.0. The molecule has 0 aliphatic rings. The topological polar surface area (TPSA) is 25.2 Å². The van der Waals surface area contributed by atoms with Gasteiger partial charge in [0.1, 0.15) is 5.58 Å². The van der Waals surface area contributed by atoms with Gasteiger partial charge in [-0.15, -0.1) is 0 Å². The number of nitrogens with one attached hydrogen (secondary N) is 1. The molecule has 2 unspecified atom stereocenters. The van der Waals surface area contributed by atoms with Crippen molar-refractivity contribution in [3.05, 3.63) is 36.1 Å². The number of halogens is 2. The Hall–Kier alpha value is -1.42. The summed E-state index contributed by atoms with van der Waals surface area (Å²) < 4.78 is 32.2. The van der Waals surface area contributed by atoms with Gasteiger partial charge in [0, 0.05) is 11.4 Å². The zero-order valence-electron chi connectivity index (χ0n) is 10.7. The van der Waals surface area contributed by atoms with Gasteiger partial charge >= 0.3 is 0 Å². The monoisotopic (exact) mass is 253 g/mol. The van der Waals surface area contributed by atoms with E-state index in [1.54, 1.807) is 51.4 Å². The Kier molecular flexibility index (Phi) is 3.39. The first-order valence-corrected chi connectivity index (χ1v) is 5.93. The van der Waals surface area contributed by atoms with Gasteiger partial charge < -0.3 is 9.73 Å². The minimum Gasteiger partial charge on any atom is -0.464 e. The molecule has 0 aliphatic carbocycles. The minimum absolute atomic E-state index is 0.332. The van der Waals surface area contributed by atoms with Gasteiger partial charge in [-0.05, 0) is 44.7 Å². The van der Waals surface area contributed by atoms with Crippen molar-refractivity contribution in [3.8, 4) is 0 Å². The number of benzene rings is 1. The van der Waals surface area contributed by atoms with Gasteiger partial charge in [-0.1, -0.05) is 6.07 Å². The molecule has 0 saturated carbocycles. The van der Waals surface area contributed by atoms with Crippen LogP contribution < -0.4 is 5.32 Å². The molecule has 0 radical (unpaired) electrons. The van der Waals surface area contributed by atoms with Crippen molar-refractivity contribution in [3.63, 3.8) is 0 Å². The first-order chi connectivity index (χ1) is 8.50. The largest absolute Gasteiger partial charge is 0.464 e. The molecule has 2 aromatic rings. The Labute approximate surface area is 105 Å². The molecule has 2 rings (SSSR count). The summed E-state index contributed by atoms with van der Waals surface area (Å²) in [5.74, 6) is 0. The highest BCUT2D eigenvalue weighted by molar-refractivity contribution is 5.78. The summed E-state index contributed by atoms with van der Waals surface area (Å²) in [5.41, 5.74) is 0.112. The summed E-state index contributed by atoms with van der Waals surface area (Å²) in [6, 6.07) is 6.69. The molecule has 1 N–H and O–H groups in total. The van der Waals surface area contributed by atoms with Crippen LogP contribution in [0, 0.1) is 0 Å². The molecular formula is C14H17F2NO. The summed E-state index contributed by atoms with van der Waals surface area (Å²) in [6.07, 6.45) is -0.875. The van der Waals surface area contributed by atoms with E-state index in [1.807, 2.05) is 0 Å². The second-order valence-electron chi connectivity index (χ2n) is 4.77. The van der Waals surface area contributed by atoms with Crippen molar-refractivity contribution in [2.75, 3.05) is 7.05 Å². The molecule has 0 bridgehead atoms. The molecular weight excluding hydrogens is 236 g/mol. The number of furan rings is 1. The molecule has 0 fully saturated rings. The lowest BCUT2D eigenvalue weighted by Crippen LogP contribution is -2.48. The van der Waals surface area contributed by atoms with Crippen LogP contribution in [-0.2, 0) is 5.41 Å². The maximum atomic E-state index is 13.5. The summed E-state index contributed by atoms with van der Waals surface area (Å²) in [4.78, 5) is 0. The molecule has 2 atom stereocenters. The van der Waals surface area contributed by atoms with Crippen molar-refractivity contribution in [2.24, 2.45) is 0 Å². The lowest BCUT2D eigenvalue weighted by molar-refractivity contribution is 0.0407. The second kappa shape index (κ2) is 4.69. The smallest absolute Gasteiger partial charge is 0.249 e. The Morgan fingerprint density at radius 3 is 2.61 bits per heavy atom. The standard InChI is InChI=1S/C14H17F2NO/c1-9(17-3)14(2,13(15)16)11-4-5-12-10(8-11)6-7-18-12/h4-9,13,17H,1-3H3. The number of hydrogen-bond acceptors (Lipinski definition) is 2. The van der Waals surface area contributed by atoms with Gasteiger partial charge in [0.05, 0.1) is 11.7 Å². The Morgan fingerprint density at radius 2 is 2.00 bits per heavy atom. The zero-order chi connectivity index (χ0) is 13.3. The van der Waals surface area contributed by atoms with Crippen LogP contribution in [-0.4, -0.2) is 19.5 Å². The van der Waals surface area contributed by atoms with E-state index < -0.39 is 11.8 Å². The van der Waals surface area contributed by atoms with Crippen LogP contribution in [0.3, 0.4) is 0 Å². The predicted octanol–water partition coefficient (Wildman–Crippen LogP) is 3.56. The minimum atomic E-state index is -2.44. The van der Waals surface area contributed by atoms with Crippen LogP contribution in [0.15, 0.2) is 34.9 Å². The number of fused-ring (bicyclic) bond motifs is 1. The van der Waals surface area contributed by atoms with Crippen molar-refractivity contribution in [1.29, 1.82) is 0 Å². The van der Waals surface area contributed by atoms with E-state index >= 15 is 0 Å². The van der Waals surface area contributed by atoms with Gasteiger partial charge in [0.15, 0.2) is 0 Å². The van der Waals surface area contributed by atoms with E-state index in [0.29, 0.717) is 11.1 Å². The highest BCUT2D eigenvalue weighted by Gasteiger charge is 2.41. The molecule has 4 heteroatoms. The van der Waals surface area contributed by atoms with Crippen LogP contribution in [0.25, 0.3) is 11.0 Å². The third kappa shape index (κ3) is 1.90. The van der Waals surface area contributed by atoms with E-state index in [1.165, 1.54) is 0 Å². The third-order valence-electron chi connectivity index (χ3n) is 3.86. The lowest BCUT2D eigenvalue weighted by atomic mass is 9.76. The molecule has 98 valence electrons. The Bertz CT molecular complexity index is 537. The number of alkyl halides is 2. The van der Waals surface area contributed by atoms with E-state index in [9.17, 15) is 8.78 Å². The van der Waals surface area contributed by atoms with E-state index in [2.05, 4.69) is 5.32 Å². The zero-order valence-corrected chi connectivity index (χ0v) is 10.7. The summed E-state index contributed by atoms with van der Waals surface area (Å²) in [7, 11) is 1.70. The molecule has 1 heterocycles. The third-order valence-corrected chi connectivity index (χ3v) is 3.86. The van der Waals surface area contributed by atoms with Crippen molar-refractivity contribution >= 4 is 11.0 Å². The number of likely N-dealkylation sites (N-methyl/N-ethyl adjacent to an activating group) is 1. The summed E-state index contributed by atoms with van der Waals surface area (Å²) in [6.45, 7) is 3.35. The van der Waals surface area contributed by atoms with Gasteiger partial charge in [-0.25, -0.2) is 8.78 Å². The average molecular weight is 253 g/mol. The fraction of sp³-hybridized carbons (Fsp3) is 0.429. The van der Waals surface area contributed by atoms with Crippen molar-refractivity contribution < 1.29 is 13.2 Å². The van der Waals surface area contributed by atoms with E-state index in [0.717, 1.165) is 5.39 Å². The van der Waals surface area contributed by atoms with Gasteiger partial charge in [-0.3, -0.25) is 0 Å². The molecule has 0 aliphatic heterocycles. The molecule has 0 saturated heterocycles. The van der Waals surface area contributed by atoms with Gasteiger partial charge in [0.2, 0.25) is 6.43 Å². The molecule has 1 aromatic carbocycles. The van der Waals surface area contributed by atoms with Crippen LogP contribution in [0.5, 0.6) is 0 Å². The predicted molar refractivity (Wildman–Crippen MR) is 68.1 cm³/mol. The van der Waals surface area contributed by atoms with Gasteiger partial charge in [-0.2, -0.15) is 0 Å². The molecule has 0 spiro atoms. The fourth-order valence-electron chi connectivity index (χ4n) is 2.17. The SMILES string of the molecule is CNC(C)C(C)(c1ccc2occc2c1)C(F)F. The maximum Gasteiger partial charge on any atom is 0.249 e. The summed E-state index contributed by atoms with van der Waals surface area (Å²) in [5, 5.41) is 3.77. The van der Waals surface area contributed by atoms with Crippen LogP contribution in [0.1, 0.15) is 19.4 Å². The van der Waals surface area contributed by atoms with Gasteiger partial charge in [0.25, 0.3) is 0 Å². The fourth-order valence-corrected chi connectivity index (χ4v) is 2.17. The van der Waals surface area contributed by atoms with E-state index in [4.69, 9.17) is 4.42 Å². The Morgan fingerprint density at radius 1 is 1.28 bits per heavy atom. The van der Waals surface area contributed by atoms with Crippen molar-refractivity contribution in [2.45, 2.75) is 31.7 Å². The van der Waals surface area contributed by atoms with Crippen molar-refractivity contribution in [1.82, 2.24) is 5.32 Å². The summed E-state index contributed by atoms with van der Waals surface area (Å²) >= 11 is 0. The first-order valence-electron chi connectivity index (χ1n) is 5.93. The normalized spacial score (nSPS) is 17.0. The van der Waals surface area contributed by atoms with Crippen LogP contribution >= 0.6 is 0 Å². The average Bonchev–Trinajstić information content (AvgIpc) is 2.83. The quantitative estimate of drug-likeness (QED) is 0.901. The molecule has 0 amide bonds. The van der Waals surface area contributed by atoms with Crippen LogP contribution in [0.2, 0.25) is 0 Å². The Balaban J connectivity index is 2.53. The second-order valence-corrected chi connectivity index (χ2v) is 4.77. The molecule has 2 nitrogen and oxygen atoms in total. The number of hydrogen-bond donors (Lipinski definition) is 1. The lowest BCUT2D eigenvalue weighted by Gasteiger charge is -2.35. The van der Waals surface area contributed by atoms with E-state index in [-0.39, 0.29) is 6.04 Å². The molecule has 1 aromatic heterocycles. The highest BCUT2D eigenvalue weighted by Crippen LogP contribution is 2.35. The number of rotatable bonds is 4. The highest BCUT2D eigenvalue weighted by atomic mass is 19.3. The molecule has 18 heavy (non-hydrogen) atoms.